The Morgan fingerprint density at radius 2 is 2.36 bits per heavy atom. The molecule has 0 atom stereocenters. The van der Waals surface area contributed by atoms with Crippen LogP contribution < -0.4 is 5.56 Å². The zero-order valence-electron chi connectivity index (χ0n) is 8.16. The minimum absolute atomic E-state index is 0.0590. The molecule has 1 aliphatic rings. The molecule has 0 aliphatic heterocycles. The van der Waals surface area contributed by atoms with Gasteiger partial charge in [0.05, 0.1) is 12.0 Å². The Morgan fingerprint density at radius 1 is 1.64 bits per heavy atom. The first-order valence-electron chi connectivity index (χ1n) is 4.99. The highest BCUT2D eigenvalue weighted by molar-refractivity contribution is 9.10. The highest BCUT2D eigenvalue weighted by Crippen LogP contribution is 2.40. The summed E-state index contributed by atoms with van der Waals surface area (Å²) in [5.41, 5.74) is 1.01. The van der Waals surface area contributed by atoms with Crippen molar-refractivity contribution in [2.75, 3.05) is 0 Å². The normalized spacial score (nSPS) is 15.9. The highest BCUT2D eigenvalue weighted by Gasteiger charge is 2.28. The van der Waals surface area contributed by atoms with Gasteiger partial charge in [0.15, 0.2) is 0 Å². The molecule has 1 saturated carbocycles. The lowest BCUT2D eigenvalue weighted by molar-refractivity contribution is 0.631. The number of rotatable bonds is 3. The van der Waals surface area contributed by atoms with E-state index in [0.29, 0.717) is 10.4 Å². The zero-order valence-corrected chi connectivity index (χ0v) is 9.75. The summed E-state index contributed by atoms with van der Waals surface area (Å²) in [5.74, 6) is 0.522. The number of aryl methyl sites for hydroxylation is 1. The van der Waals surface area contributed by atoms with E-state index >= 15 is 0 Å². The fraction of sp³-hybridized carbons (Fsp3) is 0.600. The molecule has 0 radical (unpaired) electrons. The summed E-state index contributed by atoms with van der Waals surface area (Å²) in [4.78, 5) is 16.1. The topological polar surface area (TPSA) is 34.9 Å². The van der Waals surface area contributed by atoms with Crippen molar-refractivity contribution in [1.82, 2.24) is 9.55 Å². The van der Waals surface area contributed by atoms with Gasteiger partial charge in [0, 0.05) is 12.5 Å². The second kappa shape index (κ2) is 3.85. The summed E-state index contributed by atoms with van der Waals surface area (Å²) >= 11 is 3.35. The third-order valence-corrected chi connectivity index (χ3v) is 3.18. The van der Waals surface area contributed by atoms with Gasteiger partial charge in [-0.15, -0.1) is 0 Å². The average Bonchev–Trinajstić information content (AvgIpc) is 2.97. The molecule has 0 spiro atoms. The third kappa shape index (κ3) is 1.75. The Balaban J connectivity index is 2.40. The first kappa shape index (κ1) is 9.90. The molecular formula is C10H13BrN2O. The van der Waals surface area contributed by atoms with Crippen LogP contribution in [-0.4, -0.2) is 9.55 Å². The van der Waals surface area contributed by atoms with Crippen LogP contribution in [0.2, 0.25) is 0 Å². The van der Waals surface area contributed by atoms with Crippen molar-refractivity contribution in [2.45, 2.75) is 38.6 Å². The van der Waals surface area contributed by atoms with Crippen molar-refractivity contribution < 1.29 is 0 Å². The van der Waals surface area contributed by atoms with Gasteiger partial charge in [-0.25, -0.2) is 4.98 Å². The van der Waals surface area contributed by atoms with Crippen LogP contribution in [0.4, 0.5) is 0 Å². The standard InChI is InChI=1S/C10H13BrN2O/c1-2-5-13-6-12-9(7-3-4-7)8(11)10(13)14/h6-7H,2-5H2,1H3. The van der Waals surface area contributed by atoms with Gasteiger partial charge in [-0.05, 0) is 35.2 Å². The van der Waals surface area contributed by atoms with Gasteiger partial charge in [-0.1, -0.05) is 6.92 Å². The molecular weight excluding hydrogens is 244 g/mol. The lowest BCUT2D eigenvalue weighted by atomic mass is 10.3. The molecule has 14 heavy (non-hydrogen) atoms. The number of hydrogen-bond acceptors (Lipinski definition) is 2. The van der Waals surface area contributed by atoms with Crippen LogP contribution in [0.15, 0.2) is 15.6 Å². The summed E-state index contributed by atoms with van der Waals surface area (Å²) in [7, 11) is 0. The Morgan fingerprint density at radius 3 is 2.93 bits per heavy atom. The first-order valence-corrected chi connectivity index (χ1v) is 5.78. The maximum Gasteiger partial charge on any atom is 0.267 e. The zero-order chi connectivity index (χ0) is 10.1. The summed E-state index contributed by atoms with van der Waals surface area (Å²) in [5, 5.41) is 0. The molecule has 0 saturated heterocycles. The van der Waals surface area contributed by atoms with Crippen LogP contribution in [0.5, 0.6) is 0 Å². The smallest absolute Gasteiger partial charge is 0.267 e. The van der Waals surface area contributed by atoms with E-state index in [2.05, 4.69) is 27.8 Å². The monoisotopic (exact) mass is 256 g/mol. The van der Waals surface area contributed by atoms with Crippen LogP contribution in [0, 0.1) is 0 Å². The van der Waals surface area contributed by atoms with E-state index in [9.17, 15) is 4.79 Å². The predicted molar refractivity (Wildman–Crippen MR) is 58.5 cm³/mol. The quantitative estimate of drug-likeness (QED) is 0.832. The van der Waals surface area contributed by atoms with Crippen molar-refractivity contribution in [3.63, 3.8) is 0 Å². The van der Waals surface area contributed by atoms with Gasteiger partial charge in [0.2, 0.25) is 0 Å². The van der Waals surface area contributed by atoms with Crippen LogP contribution in [0.3, 0.4) is 0 Å². The maximum absolute atomic E-state index is 11.8. The first-order chi connectivity index (χ1) is 6.74. The van der Waals surface area contributed by atoms with E-state index in [1.165, 1.54) is 12.8 Å². The molecule has 0 aromatic carbocycles. The Kier molecular flexibility index (Phi) is 2.72. The molecule has 1 aliphatic carbocycles. The molecule has 0 unspecified atom stereocenters. The van der Waals surface area contributed by atoms with E-state index in [1.807, 2.05) is 0 Å². The summed E-state index contributed by atoms with van der Waals surface area (Å²) in [6, 6.07) is 0. The van der Waals surface area contributed by atoms with Crippen molar-refractivity contribution in [3.05, 3.63) is 26.8 Å². The molecule has 3 nitrogen and oxygen atoms in total. The van der Waals surface area contributed by atoms with E-state index in [-0.39, 0.29) is 5.56 Å². The fourth-order valence-electron chi connectivity index (χ4n) is 1.52. The van der Waals surface area contributed by atoms with Gasteiger partial charge in [0.25, 0.3) is 5.56 Å². The Labute approximate surface area is 91.3 Å². The van der Waals surface area contributed by atoms with E-state index in [0.717, 1.165) is 18.7 Å². The molecule has 76 valence electrons. The Bertz CT molecular complexity index is 396. The van der Waals surface area contributed by atoms with E-state index in [4.69, 9.17) is 0 Å². The minimum Gasteiger partial charge on any atom is -0.298 e. The van der Waals surface area contributed by atoms with Crippen molar-refractivity contribution >= 4 is 15.9 Å². The van der Waals surface area contributed by atoms with Crippen LogP contribution in [0.25, 0.3) is 0 Å². The summed E-state index contributed by atoms with van der Waals surface area (Å²) in [6.45, 7) is 2.80. The summed E-state index contributed by atoms with van der Waals surface area (Å²) < 4.78 is 2.33. The molecule has 1 aromatic heterocycles. The molecule has 0 amide bonds. The van der Waals surface area contributed by atoms with Crippen molar-refractivity contribution in [3.8, 4) is 0 Å². The fourth-order valence-corrected chi connectivity index (χ4v) is 2.17. The molecule has 4 heteroatoms. The van der Waals surface area contributed by atoms with Gasteiger partial charge < -0.3 is 0 Å². The third-order valence-electron chi connectivity index (χ3n) is 2.44. The molecule has 2 rings (SSSR count). The van der Waals surface area contributed by atoms with Crippen LogP contribution >= 0.6 is 15.9 Å². The average molecular weight is 257 g/mol. The molecule has 1 fully saturated rings. The SMILES string of the molecule is CCCn1cnc(C2CC2)c(Br)c1=O. The largest absolute Gasteiger partial charge is 0.298 e. The second-order valence-electron chi connectivity index (χ2n) is 3.72. The minimum atomic E-state index is 0.0590. The van der Waals surface area contributed by atoms with Gasteiger partial charge in [-0.2, -0.15) is 0 Å². The molecule has 1 aromatic rings. The van der Waals surface area contributed by atoms with Crippen molar-refractivity contribution in [1.29, 1.82) is 0 Å². The van der Waals surface area contributed by atoms with Gasteiger partial charge in [-0.3, -0.25) is 9.36 Å². The van der Waals surface area contributed by atoms with E-state index in [1.54, 1.807) is 10.9 Å². The number of nitrogens with zero attached hydrogens (tertiary/aromatic N) is 2. The Hall–Kier alpha value is -0.640. The summed E-state index contributed by atoms with van der Waals surface area (Å²) in [6.07, 6.45) is 4.96. The van der Waals surface area contributed by atoms with E-state index < -0.39 is 0 Å². The second-order valence-corrected chi connectivity index (χ2v) is 4.51. The maximum atomic E-state index is 11.8. The molecule has 1 heterocycles. The number of hydrogen-bond donors (Lipinski definition) is 0. The highest BCUT2D eigenvalue weighted by atomic mass is 79.9. The number of halogens is 1. The van der Waals surface area contributed by atoms with Crippen LogP contribution in [0.1, 0.15) is 37.8 Å². The predicted octanol–water partition coefficient (Wildman–Crippen LogP) is 2.29. The van der Waals surface area contributed by atoms with Crippen LogP contribution in [-0.2, 0) is 6.54 Å². The van der Waals surface area contributed by atoms with Gasteiger partial charge >= 0.3 is 0 Å². The lowest BCUT2D eigenvalue weighted by Crippen LogP contribution is -2.22. The van der Waals surface area contributed by atoms with Crippen molar-refractivity contribution in [2.24, 2.45) is 0 Å². The molecule has 0 N–H and O–H groups in total. The number of aromatic nitrogens is 2. The lowest BCUT2D eigenvalue weighted by Gasteiger charge is -2.06. The van der Waals surface area contributed by atoms with Gasteiger partial charge in [0.1, 0.15) is 4.47 Å². The molecule has 0 bridgehead atoms.